The number of carbonyl (C=O) groups excluding carboxylic acids is 1. The first-order chi connectivity index (χ1) is 16.1. The van der Waals surface area contributed by atoms with Gasteiger partial charge in [0.05, 0.1) is 22.6 Å². The fourth-order valence-electron chi connectivity index (χ4n) is 3.09. The summed E-state index contributed by atoms with van der Waals surface area (Å²) < 4.78 is 17.3. The Bertz CT molecular complexity index is 1520. The third-order valence-corrected chi connectivity index (χ3v) is 6.27. The highest BCUT2D eigenvalue weighted by atomic mass is 32.2. The fraction of sp³-hybridized carbons (Fsp3) is 0.136. The SMILES string of the molecule is CCOc1ccc2nc(NC(=O)CSc3nnc(-c4cc5ccccc5oc4=O)o3)sc2c1. The smallest absolute Gasteiger partial charge is 0.349 e. The fourth-order valence-corrected chi connectivity index (χ4v) is 4.56. The summed E-state index contributed by atoms with van der Waals surface area (Å²) in [4.78, 5) is 29.0. The molecule has 0 saturated carbocycles. The van der Waals surface area contributed by atoms with E-state index in [-0.39, 0.29) is 28.3 Å². The lowest BCUT2D eigenvalue weighted by Crippen LogP contribution is -2.13. The average Bonchev–Trinajstić information content (AvgIpc) is 3.43. The second-order valence-electron chi connectivity index (χ2n) is 6.78. The van der Waals surface area contributed by atoms with Crippen molar-refractivity contribution in [3.8, 4) is 17.2 Å². The van der Waals surface area contributed by atoms with Crippen LogP contribution in [-0.2, 0) is 4.79 Å². The number of anilines is 1. The molecular weight excluding hydrogens is 464 g/mol. The highest BCUT2D eigenvalue weighted by Crippen LogP contribution is 2.30. The number of carbonyl (C=O) groups is 1. The van der Waals surface area contributed by atoms with Crippen LogP contribution in [0.15, 0.2) is 67.4 Å². The van der Waals surface area contributed by atoms with Crippen LogP contribution in [-0.4, -0.2) is 33.4 Å². The molecule has 0 aliphatic heterocycles. The van der Waals surface area contributed by atoms with E-state index in [1.807, 2.05) is 37.3 Å². The predicted molar refractivity (Wildman–Crippen MR) is 126 cm³/mol. The molecule has 0 aliphatic rings. The number of nitrogens with one attached hydrogen (secondary N) is 1. The number of hydrogen-bond acceptors (Lipinski definition) is 10. The van der Waals surface area contributed by atoms with Crippen LogP contribution in [0.25, 0.3) is 32.6 Å². The van der Waals surface area contributed by atoms with Crippen molar-refractivity contribution in [3.05, 3.63) is 59.0 Å². The molecule has 0 radical (unpaired) electrons. The van der Waals surface area contributed by atoms with Crippen molar-refractivity contribution in [1.29, 1.82) is 0 Å². The standard InChI is InChI=1S/C22H16N4O5S2/c1-2-29-13-7-8-15-17(10-13)33-21(23-15)24-18(27)11-32-22-26-25-19(31-22)14-9-12-5-3-4-6-16(12)30-20(14)28/h3-10H,2,11H2,1H3,(H,23,24,27). The van der Waals surface area contributed by atoms with Crippen LogP contribution in [0.4, 0.5) is 5.13 Å². The largest absolute Gasteiger partial charge is 0.494 e. The summed E-state index contributed by atoms with van der Waals surface area (Å²) in [5.74, 6) is 0.561. The van der Waals surface area contributed by atoms with Crippen molar-refractivity contribution < 1.29 is 18.4 Å². The number of nitrogens with zero attached hydrogens (tertiary/aromatic N) is 3. The van der Waals surface area contributed by atoms with Gasteiger partial charge in [-0.25, -0.2) is 9.78 Å². The van der Waals surface area contributed by atoms with E-state index in [2.05, 4.69) is 20.5 Å². The van der Waals surface area contributed by atoms with E-state index in [1.54, 1.807) is 18.2 Å². The summed E-state index contributed by atoms with van der Waals surface area (Å²) in [6, 6.07) is 14.4. The summed E-state index contributed by atoms with van der Waals surface area (Å²) in [6.07, 6.45) is 0. The number of thiazole rings is 1. The summed E-state index contributed by atoms with van der Waals surface area (Å²) in [7, 11) is 0. The zero-order valence-corrected chi connectivity index (χ0v) is 18.9. The maximum atomic E-state index is 12.4. The number of amides is 1. The first-order valence-corrected chi connectivity index (χ1v) is 11.7. The predicted octanol–water partition coefficient (Wildman–Crippen LogP) is 4.58. The molecule has 11 heteroatoms. The average molecular weight is 481 g/mol. The second kappa shape index (κ2) is 9.04. The molecule has 0 bridgehead atoms. The quantitative estimate of drug-likeness (QED) is 0.263. The van der Waals surface area contributed by atoms with Crippen molar-refractivity contribution in [2.75, 3.05) is 17.7 Å². The summed E-state index contributed by atoms with van der Waals surface area (Å²) in [5.41, 5.74) is 0.844. The molecule has 3 heterocycles. The Morgan fingerprint density at radius 3 is 2.91 bits per heavy atom. The number of rotatable bonds is 7. The molecule has 166 valence electrons. The maximum Gasteiger partial charge on any atom is 0.349 e. The highest BCUT2D eigenvalue weighted by molar-refractivity contribution is 7.99. The van der Waals surface area contributed by atoms with Gasteiger partial charge in [0.2, 0.25) is 5.91 Å². The van der Waals surface area contributed by atoms with Crippen LogP contribution in [0.2, 0.25) is 0 Å². The zero-order chi connectivity index (χ0) is 22.8. The Morgan fingerprint density at radius 2 is 2.03 bits per heavy atom. The monoisotopic (exact) mass is 480 g/mol. The minimum atomic E-state index is -0.574. The molecule has 0 fully saturated rings. The van der Waals surface area contributed by atoms with Crippen molar-refractivity contribution in [3.63, 3.8) is 0 Å². The van der Waals surface area contributed by atoms with E-state index in [0.717, 1.165) is 33.1 Å². The third kappa shape index (κ3) is 4.59. The lowest BCUT2D eigenvalue weighted by atomic mass is 10.2. The van der Waals surface area contributed by atoms with Crippen molar-refractivity contribution in [1.82, 2.24) is 15.2 Å². The first kappa shape index (κ1) is 21.2. The minimum absolute atomic E-state index is 0.0358. The van der Waals surface area contributed by atoms with E-state index >= 15 is 0 Å². The van der Waals surface area contributed by atoms with Gasteiger partial charge in [0.1, 0.15) is 16.9 Å². The molecule has 3 aromatic heterocycles. The molecule has 33 heavy (non-hydrogen) atoms. The van der Waals surface area contributed by atoms with Gasteiger partial charge in [0.25, 0.3) is 11.1 Å². The molecule has 5 rings (SSSR count). The molecule has 5 aromatic rings. The van der Waals surface area contributed by atoms with Crippen molar-refractivity contribution >= 4 is 55.3 Å². The van der Waals surface area contributed by atoms with Crippen LogP contribution < -0.4 is 15.7 Å². The van der Waals surface area contributed by atoms with Crippen LogP contribution in [0.3, 0.4) is 0 Å². The Kier molecular flexibility index (Phi) is 5.80. The zero-order valence-electron chi connectivity index (χ0n) is 17.2. The number of fused-ring (bicyclic) bond motifs is 2. The minimum Gasteiger partial charge on any atom is -0.494 e. The topological polar surface area (TPSA) is 120 Å². The second-order valence-corrected chi connectivity index (χ2v) is 8.73. The molecule has 2 aromatic carbocycles. The van der Waals surface area contributed by atoms with Gasteiger partial charge < -0.3 is 18.9 Å². The molecule has 0 spiro atoms. The Hall–Kier alpha value is -3.70. The number of benzene rings is 2. The van der Waals surface area contributed by atoms with E-state index in [1.165, 1.54) is 11.3 Å². The Labute approximate surface area is 194 Å². The van der Waals surface area contributed by atoms with Gasteiger partial charge in [-0.1, -0.05) is 41.3 Å². The molecule has 1 amide bonds. The lowest BCUT2D eigenvalue weighted by Gasteiger charge is -2.00. The van der Waals surface area contributed by atoms with Crippen molar-refractivity contribution in [2.45, 2.75) is 12.1 Å². The van der Waals surface area contributed by atoms with Crippen molar-refractivity contribution in [2.24, 2.45) is 0 Å². The molecule has 1 N–H and O–H groups in total. The van der Waals surface area contributed by atoms with Crippen LogP contribution in [0.1, 0.15) is 6.92 Å². The van der Waals surface area contributed by atoms with E-state index < -0.39 is 5.63 Å². The van der Waals surface area contributed by atoms with Gasteiger partial charge in [-0.2, -0.15) is 0 Å². The van der Waals surface area contributed by atoms with Gasteiger partial charge in [0.15, 0.2) is 5.13 Å². The van der Waals surface area contributed by atoms with Gasteiger partial charge >= 0.3 is 5.63 Å². The molecule has 0 unspecified atom stereocenters. The molecular formula is C22H16N4O5S2. The highest BCUT2D eigenvalue weighted by Gasteiger charge is 2.16. The third-order valence-electron chi connectivity index (χ3n) is 4.52. The van der Waals surface area contributed by atoms with E-state index in [9.17, 15) is 9.59 Å². The van der Waals surface area contributed by atoms with Crippen LogP contribution in [0, 0.1) is 0 Å². The summed E-state index contributed by atoms with van der Waals surface area (Å²) in [5, 5.41) is 12.0. The number of aromatic nitrogens is 3. The number of para-hydroxylation sites is 1. The van der Waals surface area contributed by atoms with Gasteiger partial charge in [-0.15, -0.1) is 10.2 Å². The van der Waals surface area contributed by atoms with Gasteiger partial charge in [-0.3, -0.25) is 4.79 Å². The van der Waals surface area contributed by atoms with Crippen LogP contribution in [0.5, 0.6) is 5.75 Å². The van der Waals surface area contributed by atoms with Crippen LogP contribution >= 0.6 is 23.1 Å². The number of hydrogen-bond donors (Lipinski definition) is 1. The Morgan fingerprint density at radius 1 is 1.15 bits per heavy atom. The first-order valence-electron chi connectivity index (χ1n) is 9.92. The maximum absolute atomic E-state index is 12.4. The molecule has 0 saturated heterocycles. The number of ether oxygens (including phenoxy) is 1. The molecule has 0 aliphatic carbocycles. The summed E-state index contributed by atoms with van der Waals surface area (Å²) in [6.45, 7) is 2.50. The lowest BCUT2D eigenvalue weighted by molar-refractivity contribution is -0.113. The Balaban J connectivity index is 1.24. The molecule has 0 atom stereocenters. The summed E-state index contributed by atoms with van der Waals surface area (Å²) >= 11 is 2.42. The normalized spacial score (nSPS) is 11.2. The number of thioether (sulfide) groups is 1. The van der Waals surface area contributed by atoms with Gasteiger partial charge in [-0.05, 0) is 37.3 Å². The van der Waals surface area contributed by atoms with E-state index in [4.69, 9.17) is 13.6 Å². The van der Waals surface area contributed by atoms with Gasteiger partial charge in [0, 0.05) is 5.39 Å². The molecule has 9 nitrogen and oxygen atoms in total. The van der Waals surface area contributed by atoms with E-state index in [0.29, 0.717) is 17.3 Å².